The summed E-state index contributed by atoms with van der Waals surface area (Å²) in [5.41, 5.74) is 0.882. The minimum atomic E-state index is -0.848. The van der Waals surface area contributed by atoms with Crippen LogP contribution >= 0.6 is 0 Å². The first-order valence-electron chi connectivity index (χ1n) is 11.5. The lowest BCUT2D eigenvalue weighted by Gasteiger charge is -2.34. The second kappa shape index (κ2) is 9.79. The lowest BCUT2D eigenvalue weighted by molar-refractivity contribution is -0.124. The monoisotopic (exact) mass is 468 g/mol. The van der Waals surface area contributed by atoms with Gasteiger partial charge in [0, 0.05) is 31.5 Å². The number of amides is 2. The minimum Gasteiger partial charge on any atom is -0.465 e. The number of carbonyl (C=O) groups excluding carboxylic acids is 3. The molecule has 0 atom stereocenters. The van der Waals surface area contributed by atoms with Crippen LogP contribution in [0.3, 0.4) is 0 Å². The van der Waals surface area contributed by atoms with Crippen molar-refractivity contribution in [1.29, 1.82) is 0 Å². The van der Waals surface area contributed by atoms with Crippen LogP contribution in [-0.4, -0.2) is 55.1 Å². The number of carbonyl (C=O) groups is 3. The van der Waals surface area contributed by atoms with Gasteiger partial charge in [0.15, 0.2) is 0 Å². The van der Waals surface area contributed by atoms with Gasteiger partial charge in [0.05, 0.1) is 18.4 Å². The molecule has 1 saturated heterocycles. The number of rotatable bonds is 7. The van der Waals surface area contributed by atoms with E-state index in [4.69, 9.17) is 4.74 Å². The Kier molecular flexibility index (Phi) is 6.81. The van der Waals surface area contributed by atoms with Gasteiger partial charge in [0.25, 0.3) is 5.91 Å². The van der Waals surface area contributed by atoms with Crippen molar-refractivity contribution in [3.05, 3.63) is 59.2 Å². The van der Waals surface area contributed by atoms with Crippen molar-refractivity contribution in [3.63, 3.8) is 0 Å². The summed E-state index contributed by atoms with van der Waals surface area (Å²) in [6.45, 7) is 3.62. The van der Waals surface area contributed by atoms with Gasteiger partial charge in [-0.05, 0) is 62.8 Å². The quantitative estimate of drug-likeness (QED) is 0.606. The highest BCUT2D eigenvalue weighted by atomic mass is 19.1. The van der Waals surface area contributed by atoms with Gasteiger partial charge in [-0.3, -0.25) is 14.6 Å². The fraction of sp³-hybridized carbons (Fsp3) is 0.440. The van der Waals surface area contributed by atoms with Crippen LogP contribution in [0.2, 0.25) is 0 Å². The number of hydrogen-bond donors (Lipinski definition) is 2. The molecule has 8 nitrogen and oxygen atoms in total. The van der Waals surface area contributed by atoms with Crippen LogP contribution in [0, 0.1) is 18.7 Å². The van der Waals surface area contributed by atoms with E-state index in [1.807, 2.05) is 11.8 Å². The van der Waals surface area contributed by atoms with Crippen molar-refractivity contribution in [2.24, 2.45) is 5.92 Å². The van der Waals surface area contributed by atoms with Gasteiger partial charge in [0.2, 0.25) is 5.91 Å². The van der Waals surface area contributed by atoms with Crippen LogP contribution in [0.25, 0.3) is 0 Å². The largest absolute Gasteiger partial charge is 0.465 e. The second-order valence-electron chi connectivity index (χ2n) is 8.99. The first-order valence-corrected chi connectivity index (χ1v) is 11.5. The van der Waals surface area contributed by atoms with Gasteiger partial charge in [-0.2, -0.15) is 0 Å². The molecular formula is C25H29FN4O4. The number of aryl methyl sites for hydroxylation is 1. The number of methoxy groups -OCH3 is 1. The molecule has 1 aliphatic heterocycles. The summed E-state index contributed by atoms with van der Waals surface area (Å²) < 4.78 is 19.0. The van der Waals surface area contributed by atoms with E-state index in [1.165, 1.54) is 19.4 Å². The Balaban J connectivity index is 1.29. The predicted molar refractivity (Wildman–Crippen MR) is 124 cm³/mol. The molecule has 2 amide bonds. The molecule has 9 heteroatoms. The van der Waals surface area contributed by atoms with Crippen molar-refractivity contribution in [2.45, 2.75) is 38.1 Å². The maximum atomic E-state index is 14.3. The molecule has 180 valence electrons. The maximum absolute atomic E-state index is 14.3. The Hall–Kier alpha value is -3.49. The molecular weight excluding hydrogens is 439 g/mol. The Morgan fingerprint density at radius 3 is 2.53 bits per heavy atom. The van der Waals surface area contributed by atoms with E-state index in [-0.39, 0.29) is 23.3 Å². The summed E-state index contributed by atoms with van der Waals surface area (Å²) in [6.07, 6.45) is 4.30. The van der Waals surface area contributed by atoms with Crippen molar-refractivity contribution < 1.29 is 23.5 Å². The van der Waals surface area contributed by atoms with E-state index in [1.54, 1.807) is 24.3 Å². The zero-order chi connectivity index (χ0) is 24.3. The highest BCUT2D eigenvalue weighted by molar-refractivity contribution is 6.00. The summed E-state index contributed by atoms with van der Waals surface area (Å²) in [7, 11) is 1.24. The van der Waals surface area contributed by atoms with Gasteiger partial charge < -0.3 is 20.3 Å². The number of anilines is 1. The number of pyridine rings is 1. The maximum Gasteiger partial charge on any atom is 0.342 e. The van der Waals surface area contributed by atoms with Crippen molar-refractivity contribution >= 4 is 23.5 Å². The molecule has 1 aromatic carbocycles. The third kappa shape index (κ3) is 5.03. The average molecular weight is 469 g/mol. The number of piperidine rings is 1. The predicted octanol–water partition coefficient (Wildman–Crippen LogP) is 2.61. The summed E-state index contributed by atoms with van der Waals surface area (Å²) in [4.78, 5) is 43.5. The van der Waals surface area contributed by atoms with Crippen LogP contribution in [0.1, 0.15) is 52.1 Å². The van der Waals surface area contributed by atoms with Crippen LogP contribution in [0.4, 0.5) is 10.1 Å². The number of esters is 1. The van der Waals surface area contributed by atoms with Crippen LogP contribution < -0.4 is 15.5 Å². The standard InChI is InChI=1S/C25H29FN4O4/c1-16-6-7-18(15-27-16)22(31)29-25(10-11-25)24(33)28-14-17-8-12-30(13-9-17)20-5-3-4-19(26)21(20)23(32)34-2/h3-7,15,17H,8-14H2,1-2H3,(H,28,33)(H,29,31). The molecule has 1 aliphatic carbocycles. The van der Waals surface area contributed by atoms with E-state index < -0.39 is 17.3 Å². The van der Waals surface area contributed by atoms with E-state index in [2.05, 4.69) is 15.6 Å². The van der Waals surface area contributed by atoms with Crippen LogP contribution in [0.15, 0.2) is 36.5 Å². The number of ether oxygens (including phenoxy) is 1. The zero-order valence-electron chi connectivity index (χ0n) is 19.4. The summed E-state index contributed by atoms with van der Waals surface area (Å²) in [5, 5.41) is 5.87. The van der Waals surface area contributed by atoms with Crippen molar-refractivity contribution in [2.75, 3.05) is 31.6 Å². The normalized spacial score (nSPS) is 17.1. The summed E-state index contributed by atoms with van der Waals surface area (Å²) in [5.74, 6) is -1.51. The molecule has 0 bridgehead atoms. The second-order valence-corrected chi connectivity index (χ2v) is 8.99. The Morgan fingerprint density at radius 2 is 1.91 bits per heavy atom. The number of hydrogen-bond acceptors (Lipinski definition) is 6. The molecule has 0 spiro atoms. The van der Waals surface area contributed by atoms with Gasteiger partial charge in [0.1, 0.15) is 16.9 Å². The number of halogens is 1. The Labute approximate surface area is 197 Å². The lowest BCUT2D eigenvalue weighted by atomic mass is 9.95. The first kappa shape index (κ1) is 23.7. The number of aromatic nitrogens is 1. The number of benzene rings is 1. The average Bonchev–Trinajstić information content (AvgIpc) is 3.63. The molecule has 2 aromatic rings. The molecule has 2 aliphatic rings. The molecule has 2 heterocycles. The minimum absolute atomic E-state index is 0.0491. The Morgan fingerprint density at radius 1 is 1.18 bits per heavy atom. The topological polar surface area (TPSA) is 101 Å². The summed E-state index contributed by atoms with van der Waals surface area (Å²) in [6, 6.07) is 8.02. The molecule has 0 radical (unpaired) electrons. The Bertz CT molecular complexity index is 1080. The molecule has 0 unspecified atom stereocenters. The smallest absolute Gasteiger partial charge is 0.342 e. The molecule has 2 fully saturated rings. The van der Waals surface area contributed by atoms with Gasteiger partial charge in [-0.25, -0.2) is 9.18 Å². The van der Waals surface area contributed by atoms with E-state index >= 15 is 0 Å². The van der Waals surface area contributed by atoms with E-state index in [0.717, 1.165) is 18.5 Å². The number of nitrogens with zero attached hydrogens (tertiary/aromatic N) is 2. The SMILES string of the molecule is COC(=O)c1c(F)cccc1N1CCC(CNC(=O)C2(NC(=O)c3ccc(C)nc3)CC2)CC1. The van der Waals surface area contributed by atoms with Gasteiger partial charge in [-0.15, -0.1) is 0 Å². The van der Waals surface area contributed by atoms with Gasteiger partial charge in [-0.1, -0.05) is 6.07 Å². The molecule has 4 rings (SSSR count). The highest BCUT2D eigenvalue weighted by Crippen LogP contribution is 2.36. The van der Waals surface area contributed by atoms with Crippen molar-refractivity contribution in [3.8, 4) is 0 Å². The van der Waals surface area contributed by atoms with E-state index in [0.29, 0.717) is 43.7 Å². The third-order valence-corrected chi connectivity index (χ3v) is 6.60. The van der Waals surface area contributed by atoms with Crippen molar-refractivity contribution in [1.82, 2.24) is 15.6 Å². The first-order chi connectivity index (χ1) is 16.3. The zero-order valence-corrected chi connectivity index (χ0v) is 19.4. The molecule has 1 aromatic heterocycles. The fourth-order valence-corrected chi connectivity index (χ4v) is 4.29. The molecule has 1 saturated carbocycles. The number of nitrogens with one attached hydrogen (secondary N) is 2. The summed E-state index contributed by atoms with van der Waals surface area (Å²) >= 11 is 0. The lowest BCUT2D eigenvalue weighted by Crippen LogP contribution is -2.50. The van der Waals surface area contributed by atoms with Crippen LogP contribution in [-0.2, 0) is 9.53 Å². The van der Waals surface area contributed by atoms with Gasteiger partial charge >= 0.3 is 5.97 Å². The fourth-order valence-electron chi connectivity index (χ4n) is 4.29. The third-order valence-electron chi connectivity index (χ3n) is 6.60. The molecule has 34 heavy (non-hydrogen) atoms. The van der Waals surface area contributed by atoms with E-state index in [9.17, 15) is 18.8 Å². The molecule has 2 N–H and O–H groups in total. The highest BCUT2D eigenvalue weighted by Gasteiger charge is 2.51. The van der Waals surface area contributed by atoms with Crippen LogP contribution in [0.5, 0.6) is 0 Å².